The van der Waals surface area contributed by atoms with Gasteiger partial charge in [-0.05, 0) is 0 Å². The molecule has 3 heterocycles. The second-order valence-corrected chi connectivity index (χ2v) is 5.18. The molecule has 1 spiro atoms. The molecule has 106 valence electrons. The summed E-state index contributed by atoms with van der Waals surface area (Å²) in [5.41, 5.74) is 3.18. The van der Waals surface area contributed by atoms with E-state index in [4.69, 9.17) is 10.5 Å². The van der Waals surface area contributed by atoms with E-state index < -0.39 is 28.5 Å². The van der Waals surface area contributed by atoms with Crippen LogP contribution < -0.4 is 11.2 Å². The summed E-state index contributed by atoms with van der Waals surface area (Å²) in [6, 6.07) is 0. The lowest BCUT2D eigenvalue weighted by atomic mass is 9.92. The molecule has 8 nitrogen and oxygen atoms in total. The fourth-order valence-electron chi connectivity index (χ4n) is 2.69. The van der Waals surface area contributed by atoms with E-state index >= 15 is 0 Å². The van der Waals surface area contributed by atoms with Crippen molar-refractivity contribution in [3.8, 4) is 5.75 Å². The molecule has 1 aromatic rings. The number of aromatic nitrogens is 1. The Morgan fingerprint density at radius 1 is 1.45 bits per heavy atom. The smallest absolute Gasteiger partial charge is 0.274 e. The van der Waals surface area contributed by atoms with Crippen molar-refractivity contribution >= 4 is 11.8 Å². The molecule has 0 radical (unpaired) electrons. The number of aromatic hydroxyl groups is 1. The maximum Gasteiger partial charge on any atom is 0.274 e. The number of fused-ring (bicyclic) bond motifs is 2. The van der Waals surface area contributed by atoms with Gasteiger partial charge in [0.25, 0.3) is 11.8 Å². The zero-order valence-electron chi connectivity index (χ0n) is 10.8. The van der Waals surface area contributed by atoms with Crippen LogP contribution in [0.1, 0.15) is 20.8 Å². The van der Waals surface area contributed by atoms with Gasteiger partial charge in [-0.1, -0.05) is 0 Å². The first kappa shape index (κ1) is 12.7. The molecule has 1 aromatic heterocycles. The number of pyridine rings is 1. The van der Waals surface area contributed by atoms with Crippen molar-refractivity contribution in [1.82, 2.24) is 9.47 Å². The predicted molar refractivity (Wildman–Crippen MR) is 66.6 cm³/mol. The highest BCUT2D eigenvalue weighted by atomic mass is 16.5. The molecule has 2 aliphatic heterocycles. The number of nitrogens with zero attached hydrogens (tertiary/aromatic N) is 2. The summed E-state index contributed by atoms with van der Waals surface area (Å²) in [4.78, 5) is 36.7. The molecule has 20 heavy (non-hydrogen) atoms. The molecule has 0 atom stereocenters. The Morgan fingerprint density at radius 2 is 2.10 bits per heavy atom. The summed E-state index contributed by atoms with van der Waals surface area (Å²) < 4.78 is 6.65. The summed E-state index contributed by atoms with van der Waals surface area (Å²) in [6.45, 7) is 1.04. The standard InChI is InChI=1S/C12H13N3O5/c1-14-3-12(4-20-5-12)15-2-6(10(13)18)8(16)9(17)7(15)11(14)19/h2,17H,3-5H2,1H3,(H2,13,18). The van der Waals surface area contributed by atoms with Crippen LogP contribution in [0.5, 0.6) is 5.75 Å². The number of hydrogen-bond acceptors (Lipinski definition) is 5. The SMILES string of the molecule is CN1CC2(COC2)n2cc(C(N)=O)c(=O)c(O)c2C1=O. The average molecular weight is 279 g/mol. The molecule has 0 aliphatic carbocycles. The number of amides is 2. The molecule has 2 aliphatic rings. The lowest BCUT2D eigenvalue weighted by molar-refractivity contribution is -0.115. The quantitative estimate of drug-likeness (QED) is 0.646. The van der Waals surface area contributed by atoms with Crippen LogP contribution in [0.4, 0.5) is 0 Å². The lowest BCUT2D eigenvalue weighted by Gasteiger charge is -2.49. The maximum absolute atomic E-state index is 12.1. The van der Waals surface area contributed by atoms with Crippen molar-refractivity contribution in [2.45, 2.75) is 5.54 Å². The number of ether oxygens (including phenoxy) is 1. The van der Waals surface area contributed by atoms with E-state index in [1.165, 1.54) is 15.7 Å². The Bertz CT molecular complexity index is 689. The first-order chi connectivity index (χ1) is 9.37. The molecule has 1 saturated heterocycles. The van der Waals surface area contributed by atoms with Gasteiger partial charge in [0, 0.05) is 19.8 Å². The minimum absolute atomic E-state index is 0.128. The largest absolute Gasteiger partial charge is 0.503 e. The molecule has 1 fully saturated rings. The Balaban J connectivity index is 2.34. The number of rotatable bonds is 1. The van der Waals surface area contributed by atoms with Gasteiger partial charge < -0.3 is 25.0 Å². The molecule has 0 unspecified atom stereocenters. The molecule has 0 aromatic carbocycles. The lowest BCUT2D eigenvalue weighted by Crippen LogP contribution is -2.63. The summed E-state index contributed by atoms with van der Waals surface area (Å²) >= 11 is 0. The van der Waals surface area contributed by atoms with Gasteiger partial charge in [-0.2, -0.15) is 0 Å². The number of carbonyl (C=O) groups is 2. The molecule has 3 rings (SSSR count). The first-order valence-corrected chi connectivity index (χ1v) is 5.99. The Labute approximate surface area is 113 Å². The van der Waals surface area contributed by atoms with Crippen LogP contribution in [-0.4, -0.2) is 53.2 Å². The minimum Gasteiger partial charge on any atom is -0.503 e. The Hall–Kier alpha value is -2.35. The van der Waals surface area contributed by atoms with Gasteiger partial charge in [-0.3, -0.25) is 14.4 Å². The number of hydrogen-bond donors (Lipinski definition) is 2. The number of primary amides is 1. The Morgan fingerprint density at radius 3 is 2.60 bits per heavy atom. The highest BCUT2D eigenvalue weighted by Gasteiger charge is 2.48. The van der Waals surface area contributed by atoms with Crippen molar-refractivity contribution in [1.29, 1.82) is 0 Å². The Kier molecular flexibility index (Phi) is 2.42. The second-order valence-electron chi connectivity index (χ2n) is 5.18. The van der Waals surface area contributed by atoms with E-state index in [0.29, 0.717) is 19.8 Å². The summed E-state index contributed by atoms with van der Waals surface area (Å²) in [5.74, 6) is -2.17. The second kappa shape index (κ2) is 3.83. The van der Waals surface area contributed by atoms with Gasteiger partial charge in [0.2, 0.25) is 5.43 Å². The summed E-state index contributed by atoms with van der Waals surface area (Å²) in [7, 11) is 1.58. The summed E-state index contributed by atoms with van der Waals surface area (Å²) in [5, 5.41) is 9.98. The monoisotopic (exact) mass is 279 g/mol. The van der Waals surface area contributed by atoms with E-state index in [2.05, 4.69) is 0 Å². The van der Waals surface area contributed by atoms with Gasteiger partial charge in [0.15, 0.2) is 11.4 Å². The van der Waals surface area contributed by atoms with Crippen molar-refractivity contribution in [3.63, 3.8) is 0 Å². The van der Waals surface area contributed by atoms with Crippen LogP contribution in [0.25, 0.3) is 0 Å². The topological polar surface area (TPSA) is 115 Å². The van der Waals surface area contributed by atoms with Crippen LogP contribution >= 0.6 is 0 Å². The van der Waals surface area contributed by atoms with Gasteiger partial charge in [0.05, 0.1) is 13.2 Å². The van der Waals surface area contributed by atoms with E-state index in [-0.39, 0.29) is 11.3 Å². The third-order valence-electron chi connectivity index (χ3n) is 3.78. The third-order valence-corrected chi connectivity index (χ3v) is 3.78. The maximum atomic E-state index is 12.1. The zero-order chi connectivity index (χ0) is 14.7. The first-order valence-electron chi connectivity index (χ1n) is 5.99. The fourth-order valence-corrected chi connectivity index (χ4v) is 2.69. The van der Waals surface area contributed by atoms with Crippen molar-refractivity contribution in [3.05, 3.63) is 27.7 Å². The van der Waals surface area contributed by atoms with Gasteiger partial charge in [0.1, 0.15) is 11.1 Å². The molecule has 3 N–H and O–H groups in total. The number of nitrogens with two attached hydrogens (primary N) is 1. The van der Waals surface area contributed by atoms with E-state index in [9.17, 15) is 19.5 Å². The van der Waals surface area contributed by atoms with Gasteiger partial charge in [-0.15, -0.1) is 0 Å². The van der Waals surface area contributed by atoms with Crippen LogP contribution in [0, 0.1) is 0 Å². The predicted octanol–water partition coefficient (Wildman–Crippen LogP) is -1.54. The molecular formula is C12H13N3O5. The number of likely N-dealkylation sites (N-methyl/N-ethyl adjacent to an activating group) is 1. The highest BCUT2D eigenvalue weighted by Crippen LogP contribution is 2.35. The van der Waals surface area contributed by atoms with E-state index in [0.717, 1.165) is 0 Å². The normalized spacial score (nSPS) is 19.6. The minimum atomic E-state index is -0.942. The average Bonchev–Trinajstić information content (AvgIpc) is 2.34. The molecule has 0 bridgehead atoms. The van der Waals surface area contributed by atoms with Crippen molar-refractivity contribution < 1.29 is 19.4 Å². The van der Waals surface area contributed by atoms with Crippen LogP contribution in [0.15, 0.2) is 11.0 Å². The van der Waals surface area contributed by atoms with Crippen LogP contribution in [0.3, 0.4) is 0 Å². The molecular weight excluding hydrogens is 266 g/mol. The van der Waals surface area contributed by atoms with Crippen molar-refractivity contribution in [2.75, 3.05) is 26.8 Å². The van der Waals surface area contributed by atoms with E-state index in [1.54, 1.807) is 7.05 Å². The fraction of sp³-hybridized carbons (Fsp3) is 0.417. The molecule has 0 saturated carbocycles. The summed E-state index contributed by atoms with van der Waals surface area (Å²) in [6.07, 6.45) is 1.24. The van der Waals surface area contributed by atoms with Crippen LogP contribution in [-0.2, 0) is 10.3 Å². The molecule has 2 amide bonds. The van der Waals surface area contributed by atoms with Gasteiger partial charge >= 0.3 is 0 Å². The highest BCUT2D eigenvalue weighted by molar-refractivity contribution is 5.98. The third kappa shape index (κ3) is 1.42. The molecule has 8 heteroatoms. The zero-order valence-corrected chi connectivity index (χ0v) is 10.8. The van der Waals surface area contributed by atoms with Crippen molar-refractivity contribution in [2.24, 2.45) is 5.73 Å². The van der Waals surface area contributed by atoms with Crippen LogP contribution in [0.2, 0.25) is 0 Å². The van der Waals surface area contributed by atoms with E-state index in [1.807, 2.05) is 0 Å². The number of carbonyl (C=O) groups excluding carboxylic acids is 2. The van der Waals surface area contributed by atoms with Gasteiger partial charge in [-0.25, -0.2) is 0 Å².